The Kier molecular flexibility index (Phi) is 3.63. The molecular weight excluding hydrogens is 220 g/mol. The Morgan fingerprint density at radius 1 is 1.71 bits per heavy atom. The lowest BCUT2D eigenvalue weighted by Crippen LogP contribution is -2.33. The van der Waals surface area contributed by atoms with Gasteiger partial charge in [0.1, 0.15) is 5.82 Å². The van der Waals surface area contributed by atoms with Crippen molar-refractivity contribution in [1.82, 2.24) is 15.1 Å². The molecule has 6 nitrogen and oxygen atoms in total. The molecule has 2 N–H and O–H groups in total. The van der Waals surface area contributed by atoms with Gasteiger partial charge in [-0.25, -0.2) is 4.79 Å². The van der Waals surface area contributed by atoms with Crippen molar-refractivity contribution in [3.05, 3.63) is 11.8 Å². The summed E-state index contributed by atoms with van der Waals surface area (Å²) < 4.78 is 6.89. The van der Waals surface area contributed by atoms with E-state index >= 15 is 0 Å². The maximum atomic E-state index is 11.6. The van der Waals surface area contributed by atoms with Crippen LogP contribution in [0.3, 0.4) is 0 Å². The highest BCUT2D eigenvalue weighted by Gasteiger charge is 2.16. The van der Waals surface area contributed by atoms with E-state index in [1.165, 1.54) is 0 Å². The molecule has 1 aliphatic rings. The van der Waals surface area contributed by atoms with Crippen LogP contribution in [0.5, 0.6) is 0 Å². The molecule has 1 atom stereocenters. The topological polar surface area (TPSA) is 68.2 Å². The number of nitrogens with zero attached hydrogens (tertiary/aromatic N) is 2. The normalized spacial score (nSPS) is 19.3. The van der Waals surface area contributed by atoms with E-state index in [4.69, 9.17) is 4.74 Å². The van der Waals surface area contributed by atoms with E-state index in [1.807, 2.05) is 13.0 Å². The van der Waals surface area contributed by atoms with E-state index in [9.17, 15) is 4.79 Å². The van der Waals surface area contributed by atoms with Gasteiger partial charge in [-0.05, 0) is 13.3 Å². The quantitative estimate of drug-likeness (QED) is 0.821. The Morgan fingerprint density at radius 3 is 3.12 bits per heavy atom. The summed E-state index contributed by atoms with van der Waals surface area (Å²) in [6.07, 6.45) is 1.02. The minimum absolute atomic E-state index is 0.195. The number of anilines is 1. The summed E-state index contributed by atoms with van der Waals surface area (Å²) in [5.74, 6) is 1.14. The van der Waals surface area contributed by atoms with Crippen LogP contribution >= 0.6 is 0 Å². The number of hydrogen-bond donors (Lipinski definition) is 2. The fourth-order valence-corrected chi connectivity index (χ4v) is 1.87. The lowest BCUT2D eigenvalue weighted by Gasteiger charge is -2.10. The average Bonchev–Trinajstić information content (AvgIpc) is 2.87. The second-order valence-electron chi connectivity index (χ2n) is 4.36. The zero-order chi connectivity index (χ0) is 12.3. The highest BCUT2D eigenvalue weighted by atomic mass is 16.5. The van der Waals surface area contributed by atoms with Crippen LogP contribution in [0, 0.1) is 12.8 Å². The Hall–Kier alpha value is -1.56. The van der Waals surface area contributed by atoms with Crippen molar-refractivity contribution >= 4 is 11.8 Å². The van der Waals surface area contributed by atoms with Crippen molar-refractivity contribution in [3.63, 3.8) is 0 Å². The highest BCUT2D eigenvalue weighted by Crippen LogP contribution is 2.11. The SMILES string of the molecule is Cc1cc(NC(=O)NC[C@H]2CCOC2)n(C)n1. The van der Waals surface area contributed by atoms with Crippen molar-refractivity contribution in [2.45, 2.75) is 13.3 Å². The van der Waals surface area contributed by atoms with Gasteiger partial charge < -0.3 is 10.1 Å². The summed E-state index contributed by atoms with van der Waals surface area (Å²) in [5, 5.41) is 9.76. The molecule has 0 aliphatic carbocycles. The van der Waals surface area contributed by atoms with Crippen LogP contribution in [0.2, 0.25) is 0 Å². The van der Waals surface area contributed by atoms with Crippen LogP contribution in [0.4, 0.5) is 10.6 Å². The Balaban J connectivity index is 1.78. The first-order valence-corrected chi connectivity index (χ1v) is 5.78. The van der Waals surface area contributed by atoms with Crippen LogP contribution in [0.15, 0.2) is 6.07 Å². The molecule has 1 aromatic heterocycles. The third-order valence-corrected chi connectivity index (χ3v) is 2.82. The fraction of sp³-hybridized carbons (Fsp3) is 0.636. The van der Waals surface area contributed by atoms with Crippen molar-refractivity contribution in [3.8, 4) is 0 Å². The van der Waals surface area contributed by atoms with Crippen molar-refractivity contribution < 1.29 is 9.53 Å². The maximum Gasteiger partial charge on any atom is 0.320 e. The molecular formula is C11H18N4O2. The zero-order valence-electron chi connectivity index (χ0n) is 10.2. The molecule has 0 unspecified atom stereocenters. The maximum absolute atomic E-state index is 11.6. The molecule has 1 aliphatic heterocycles. The Labute approximate surface area is 100 Å². The van der Waals surface area contributed by atoms with Crippen LogP contribution in [0.1, 0.15) is 12.1 Å². The van der Waals surface area contributed by atoms with Gasteiger partial charge in [0.2, 0.25) is 0 Å². The number of carbonyl (C=O) groups excluding carboxylic acids is 1. The zero-order valence-corrected chi connectivity index (χ0v) is 10.2. The minimum atomic E-state index is -0.195. The molecule has 2 heterocycles. The molecule has 1 saturated heterocycles. The van der Waals surface area contributed by atoms with Gasteiger partial charge in [0.05, 0.1) is 12.3 Å². The second-order valence-corrected chi connectivity index (χ2v) is 4.36. The molecule has 1 aromatic rings. The largest absolute Gasteiger partial charge is 0.381 e. The van der Waals surface area contributed by atoms with E-state index in [1.54, 1.807) is 11.7 Å². The summed E-state index contributed by atoms with van der Waals surface area (Å²) in [5.41, 5.74) is 0.881. The minimum Gasteiger partial charge on any atom is -0.381 e. The van der Waals surface area contributed by atoms with Crippen LogP contribution in [-0.2, 0) is 11.8 Å². The van der Waals surface area contributed by atoms with E-state index in [0.717, 1.165) is 25.3 Å². The molecule has 2 rings (SSSR count). The molecule has 2 amide bonds. The number of ether oxygens (including phenoxy) is 1. The third-order valence-electron chi connectivity index (χ3n) is 2.82. The second kappa shape index (κ2) is 5.18. The molecule has 0 aromatic carbocycles. The highest BCUT2D eigenvalue weighted by molar-refractivity contribution is 5.88. The third kappa shape index (κ3) is 3.20. The van der Waals surface area contributed by atoms with Crippen LogP contribution in [0.25, 0.3) is 0 Å². The van der Waals surface area contributed by atoms with Gasteiger partial charge in [0, 0.05) is 32.2 Å². The molecule has 94 valence electrons. The predicted octanol–water partition coefficient (Wildman–Crippen LogP) is 0.887. The summed E-state index contributed by atoms with van der Waals surface area (Å²) in [4.78, 5) is 11.6. The van der Waals surface area contributed by atoms with Gasteiger partial charge in [-0.3, -0.25) is 10.00 Å². The van der Waals surface area contributed by atoms with Gasteiger partial charge in [-0.1, -0.05) is 0 Å². The van der Waals surface area contributed by atoms with Crippen molar-refractivity contribution in [2.24, 2.45) is 13.0 Å². The Bertz CT molecular complexity index is 396. The summed E-state index contributed by atoms with van der Waals surface area (Å²) in [7, 11) is 1.80. The smallest absolute Gasteiger partial charge is 0.320 e. The standard InChI is InChI=1S/C11H18N4O2/c1-8-5-10(15(2)14-8)13-11(16)12-6-9-3-4-17-7-9/h5,9H,3-4,6-7H2,1-2H3,(H2,12,13,16)/t9-/m1/s1. The fourth-order valence-electron chi connectivity index (χ4n) is 1.87. The number of nitrogens with one attached hydrogen (secondary N) is 2. The number of hydrogen-bond acceptors (Lipinski definition) is 3. The molecule has 0 bridgehead atoms. The molecule has 0 radical (unpaired) electrons. The summed E-state index contributed by atoms with van der Waals surface area (Å²) in [6, 6.07) is 1.64. The average molecular weight is 238 g/mol. The van der Waals surface area contributed by atoms with E-state index in [-0.39, 0.29) is 6.03 Å². The van der Waals surface area contributed by atoms with Gasteiger partial charge in [0.25, 0.3) is 0 Å². The molecule has 1 fully saturated rings. The Morgan fingerprint density at radius 2 is 2.53 bits per heavy atom. The predicted molar refractivity (Wildman–Crippen MR) is 63.9 cm³/mol. The van der Waals surface area contributed by atoms with Crippen LogP contribution in [-0.4, -0.2) is 35.6 Å². The van der Waals surface area contributed by atoms with Gasteiger partial charge in [-0.2, -0.15) is 5.10 Å². The van der Waals surface area contributed by atoms with Crippen molar-refractivity contribution in [2.75, 3.05) is 25.1 Å². The lowest BCUT2D eigenvalue weighted by atomic mass is 10.1. The van der Waals surface area contributed by atoms with Gasteiger partial charge in [-0.15, -0.1) is 0 Å². The number of aryl methyl sites for hydroxylation is 2. The monoisotopic (exact) mass is 238 g/mol. The number of rotatable bonds is 3. The van der Waals surface area contributed by atoms with Gasteiger partial charge in [0.15, 0.2) is 0 Å². The van der Waals surface area contributed by atoms with E-state index in [2.05, 4.69) is 15.7 Å². The van der Waals surface area contributed by atoms with E-state index < -0.39 is 0 Å². The molecule has 17 heavy (non-hydrogen) atoms. The van der Waals surface area contributed by atoms with E-state index in [0.29, 0.717) is 18.3 Å². The molecule has 0 spiro atoms. The lowest BCUT2D eigenvalue weighted by molar-refractivity contribution is 0.185. The van der Waals surface area contributed by atoms with Crippen molar-refractivity contribution in [1.29, 1.82) is 0 Å². The molecule has 6 heteroatoms. The number of amides is 2. The van der Waals surface area contributed by atoms with Crippen LogP contribution < -0.4 is 10.6 Å². The first kappa shape index (κ1) is 11.9. The summed E-state index contributed by atoms with van der Waals surface area (Å²) >= 11 is 0. The number of aromatic nitrogens is 2. The summed E-state index contributed by atoms with van der Waals surface area (Å²) in [6.45, 7) is 4.08. The first-order valence-electron chi connectivity index (χ1n) is 5.78. The van der Waals surface area contributed by atoms with Gasteiger partial charge >= 0.3 is 6.03 Å². The number of carbonyl (C=O) groups is 1. The first-order chi connectivity index (χ1) is 8.15. The molecule has 0 saturated carbocycles. The number of urea groups is 1.